The molecule has 0 aromatic carbocycles. The van der Waals surface area contributed by atoms with Crippen molar-refractivity contribution < 1.29 is 0 Å². The van der Waals surface area contributed by atoms with Gasteiger partial charge in [-0.25, -0.2) is 0 Å². The van der Waals surface area contributed by atoms with Gasteiger partial charge in [0, 0.05) is 26.6 Å². The Morgan fingerprint density at radius 2 is 2.14 bits per heavy atom. The van der Waals surface area contributed by atoms with Gasteiger partial charge >= 0.3 is 0 Å². The maximum Gasteiger partial charge on any atom is 0.191 e. The van der Waals surface area contributed by atoms with Gasteiger partial charge in [0.1, 0.15) is 5.82 Å². The Morgan fingerprint density at radius 1 is 1.27 bits per heavy atom. The lowest BCUT2D eigenvalue weighted by Crippen LogP contribution is -2.38. The fraction of sp³-hybridized carbons (Fsp3) is 0.786. The van der Waals surface area contributed by atoms with E-state index in [1.54, 1.807) is 7.05 Å². The quantitative estimate of drug-likeness (QED) is 0.295. The van der Waals surface area contributed by atoms with Crippen LogP contribution in [-0.4, -0.2) is 46.3 Å². The van der Waals surface area contributed by atoms with Gasteiger partial charge < -0.3 is 15.2 Å². The summed E-state index contributed by atoms with van der Waals surface area (Å²) in [5.74, 6) is 4.19. The van der Waals surface area contributed by atoms with E-state index in [1.165, 1.54) is 31.4 Å². The van der Waals surface area contributed by atoms with E-state index in [1.807, 2.05) is 11.8 Å². The summed E-state index contributed by atoms with van der Waals surface area (Å²) < 4.78 is 2.24. The number of rotatable bonds is 7. The molecule has 0 unspecified atom stereocenters. The van der Waals surface area contributed by atoms with E-state index in [2.05, 4.69) is 36.6 Å². The van der Waals surface area contributed by atoms with Crippen LogP contribution in [0.3, 0.4) is 0 Å². The predicted molar refractivity (Wildman–Crippen MR) is 104 cm³/mol. The molecule has 1 aromatic rings. The molecular formula is C14H27IN6S. The van der Waals surface area contributed by atoms with Crippen LogP contribution in [0.1, 0.15) is 37.3 Å². The van der Waals surface area contributed by atoms with Gasteiger partial charge in [-0.2, -0.15) is 11.8 Å². The van der Waals surface area contributed by atoms with Crippen LogP contribution in [0.5, 0.6) is 0 Å². The van der Waals surface area contributed by atoms with Crippen LogP contribution in [-0.2, 0) is 19.5 Å². The minimum absolute atomic E-state index is 0. The van der Waals surface area contributed by atoms with Crippen LogP contribution >= 0.6 is 35.7 Å². The van der Waals surface area contributed by atoms with Crippen LogP contribution in [0, 0.1) is 0 Å². The average molecular weight is 438 g/mol. The summed E-state index contributed by atoms with van der Waals surface area (Å²) >= 11 is 1.90. The molecule has 22 heavy (non-hydrogen) atoms. The van der Waals surface area contributed by atoms with Crippen molar-refractivity contribution in [3.8, 4) is 0 Å². The van der Waals surface area contributed by atoms with Crippen LogP contribution in [0.25, 0.3) is 0 Å². The van der Waals surface area contributed by atoms with Gasteiger partial charge in [-0.05, 0) is 37.7 Å². The SMILES string of the molecule is CN=C(NCCCCSC)NCc1nnc2n1CCCC2.I. The number of aliphatic imine (C=N–C) groups is 1. The van der Waals surface area contributed by atoms with E-state index in [9.17, 15) is 0 Å². The van der Waals surface area contributed by atoms with Crippen LogP contribution in [0.4, 0.5) is 0 Å². The number of halogens is 1. The summed E-state index contributed by atoms with van der Waals surface area (Å²) in [5.41, 5.74) is 0. The monoisotopic (exact) mass is 438 g/mol. The maximum atomic E-state index is 4.29. The third-order valence-corrected chi connectivity index (χ3v) is 4.34. The molecule has 6 nitrogen and oxygen atoms in total. The molecule has 0 fully saturated rings. The molecule has 0 saturated heterocycles. The number of hydrogen-bond acceptors (Lipinski definition) is 4. The molecule has 0 aliphatic carbocycles. The lowest BCUT2D eigenvalue weighted by Gasteiger charge is -2.16. The van der Waals surface area contributed by atoms with E-state index in [0.29, 0.717) is 6.54 Å². The molecule has 1 aliphatic rings. The highest BCUT2D eigenvalue weighted by Gasteiger charge is 2.15. The Bertz CT molecular complexity index is 462. The van der Waals surface area contributed by atoms with Crippen molar-refractivity contribution in [2.75, 3.05) is 25.6 Å². The van der Waals surface area contributed by atoms with Crippen molar-refractivity contribution in [1.82, 2.24) is 25.4 Å². The second-order valence-electron chi connectivity index (χ2n) is 5.19. The van der Waals surface area contributed by atoms with Crippen molar-refractivity contribution >= 4 is 41.7 Å². The number of hydrogen-bond donors (Lipinski definition) is 2. The number of aromatic nitrogens is 3. The summed E-state index contributed by atoms with van der Waals surface area (Å²) in [4.78, 5) is 4.25. The van der Waals surface area contributed by atoms with Crippen molar-refractivity contribution in [2.45, 2.75) is 45.2 Å². The summed E-state index contributed by atoms with van der Waals surface area (Å²) in [5, 5.41) is 15.2. The molecule has 2 heterocycles. The third-order valence-electron chi connectivity index (χ3n) is 3.64. The normalized spacial score (nSPS) is 14.2. The molecule has 0 atom stereocenters. The Morgan fingerprint density at radius 3 is 2.91 bits per heavy atom. The predicted octanol–water partition coefficient (Wildman–Crippen LogP) is 2.04. The fourth-order valence-corrected chi connectivity index (χ4v) is 2.95. The first kappa shape index (κ1) is 19.5. The summed E-state index contributed by atoms with van der Waals surface area (Å²) in [7, 11) is 1.80. The third kappa shape index (κ3) is 5.94. The zero-order valence-electron chi connectivity index (χ0n) is 13.5. The molecule has 0 saturated carbocycles. The summed E-state index contributed by atoms with van der Waals surface area (Å²) in [6, 6.07) is 0. The number of guanidine groups is 1. The zero-order valence-corrected chi connectivity index (χ0v) is 16.6. The molecule has 1 aromatic heterocycles. The highest BCUT2D eigenvalue weighted by molar-refractivity contribution is 14.0. The molecule has 2 rings (SSSR count). The minimum atomic E-state index is 0. The Hall–Kier alpha value is -0.510. The number of unbranched alkanes of at least 4 members (excludes halogenated alkanes) is 1. The molecule has 0 amide bonds. The van der Waals surface area contributed by atoms with E-state index in [4.69, 9.17) is 0 Å². The summed E-state index contributed by atoms with van der Waals surface area (Å²) in [6.07, 6.45) is 8.05. The molecule has 0 radical (unpaired) electrons. The Kier molecular flexibility index (Phi) is 9.85. The number of fused-ring (bicyclic) bond motifs is 1. The largest absolute Gasteiger partial charge is 0.356 e. The van der Waals surface area contributed by atoms with Crippen LogP contribution in [0.15, 0.2) is 4.99 Å². The standard InChI is InChI=1S/C14H26N6S.HI/c1-15-14(16-8-4-6-10-21-2)17-11-13-19-18-12-7-3-5-9-20(12)13;/h3-11H2,1-2H3,(H2,15,16,17);1H. The second kappa shape index (κ2) is 11.1. The topological polar surface area (TPSA) is 67.1 Å². The van der Waals surface area contributed by atoms with E-state index in [0.717, 1.165) is 37.1 Å². The first-order valence-electron chi connectivity index (χ1n) is 7.69. The van der Waals surface area contributed by atoms with Crippen LogP contribution < -0.4 is 10.6 Å². The molecule has 0 bridgehead atoms. The summed E-state index contributed by atoms with van der Waals surface area (Å²) in [6.45, 7) is 2.68. The number of nitrogens with zero attached hydrogens (tertiary/aromatic N) is 4. The molecule has 126 valence electrons. The smallest absolute Gasteiger partial charge is 0.191 e. The minimum Gasteiger partial charge on any atom is -0.356 e. The second-order valence-corrected chi connectivity index (χ2v) is 6.18. The van der Waals surface area contributed by atoms with Gasteiger partial charge in [-0.3, -0.25) is 4.99 Å². The van der Waals surface area contributed by atoms with Crippen molar-refractivity contribution in [3.05, 3.63) is 11.6 Å². The Labute approximate surface area is 154 Å². The van der Waals surface area contributed by atoms with Crippen molar-refractivity contribution in [2.24, 2.45) is 4.99 Å². The van der Waals surface area contributed by atoms with Gasteiger partial charge in [0.15, 0.2) is 11.8 Å². The van der Waals surface area contributed by atoms with E-state index >= 15 is 0 Å². The van der Waals surface area contributed by atoms with Crippen molar-refractivity contribution in [3.63, 3.8) is 0 Å². The van der Waals surface area contributed by atoms with E-state index < -0.39 is 0 Å². The van der Waals surface area contributed by atoms with Crippen molar-refractivity contribution in [1.29, 1.82) is 0 Å². The number of nitrogens with one attached hydrogen (secondary N) is 2. The lowest BCUT2D eigenvalue weighted by atomic mass is 10.2. The molecule has 0 spiro atoms. The number of thioether (sulfide) groups is 1. The zero-order chi connectivity index (χ0) is 14.9. The van der Waals surface area contributed by atoms with Gasteiger partial charge in [-0.1, -0.05) is 0 Å². The maximum absolute atomic E-state index is 4.29. The van der Waals surface area contributed by atoms with Crippen LogP contribution in [0.2, 0.25) is 0 Å². The first-order chi connectivity index (χ1) is 10.3. The lowest BCUT2D eigenvalue weighted by molar-refractivity contribution is 0.504. The fourth-order valence-electron chi connectivity index (χ4n) is 2.46. The highest BCUT2D eigenvalue weighted by atomic mass is 127. The van der Waals surface area contributed by atoms with Gasteiger partial charge in [0.05, 0.1) is 6.54 Å². The molecule has 1 aliphatic heterocycles. The number of aryl methyl sites for hydroxylation is 1. The Balaban J connectivity index is 0.00000242. The highest BCUT2D eigenvalue weighted by Crippen LogP contribution is 2.13. The van der Waals surface area contributed by atoms with Gasteiger partial charge in [0.2, 0.25) is 0 Å². The molecular weight excluding hydrogens is 411 g/mol. The van der Waals surface area contributed by atoms with Gasteiger partial charge in [-0.15, -0.1) is 34.2 Å². The van der Waals surface area contributed by atoms with Gasteiger partial charge in [0.25, 0.3) is 0 Å². The average Bonchev–Trinajstić information content (AvgIpc) is 2.93. The molecule has 8 heteroatoms. The molecule has 2 N–H and O–H groups in total. The van der Waals surface area contributed by atoms with E-state index in [-0.39, 0.29) is 24.0 Å². The first-order valence-corrected chi connectivity index (χ1v) is 9.09.